The van der Waals surface area contributed by atoms with Gasteiger partial charge in [-0.25, -0.2) is 27.6 Å². The van der Waals surface area contributed by atoms with Gasteiger partial charge in [0.05, 0.1) is 21.7 Å². The number of rotatable bonds is 13. The molecule has 3 saturated heterocycles. The third-order valence-corrected chi connectivity index (χ3v) is 16.4. The van der Waals surface area contributed by atoms with Gasteiger partial charge in [0.15, 0.2) is 17.2 Å². The molecule has 3 aliphatic heterocycles. The molecule has 5 N–H and O–H groups in total. The van der Waals surface area contributed by atoms with E-state index >= 15 is 0 Å². The lowest BCUT2D eigenvalue weighted by Crippen LogP contribution is -2.55. The number of carboxylic acid groups (broad SMARTS) is 2. The van der Waals surface area contributed by atoms with Gasteiger partial charge in [-0.2, -0.15) is 4.31 Å². The SMILES string of the molecule is Cn1c(=O)n([C@H]2CCC(=O)NC2=O)c2ccc(C3CCN(C(=O)Nc4cccc(CS(=O)(=O)N5CC[C@H](Nc6cccc(-c7sc(C(=O)O)c(OCC(=O)O)c7Cl)c6)CC5(C)C)c4)CC3)cc21. The molecule has 0 saturated carbocycles. The minimum absolute atomic E-state index is 0.00345. The lowest BCUT2D eigenvalue weighted by Gasteiger charge is -2.45. The number of aromatic nitrogens is 2. The molecule has 67 heavy (non-hydrogen) atoms. The number of carbonyl (C=O) groups excluding carboxylic acids is 3. The van der Waals surface area contributed by atoms with Crippen LogP contribution >= 0.6 is 22.9 Å². The molecule has 2 aromatic heterocycles. The van der Waals surface area contributed by atoms with Crippen molar-refractivity contribution in [3.8, 4) is 16.2 Å². The number of ether oxygens (including phenoxy) is 1. The van der Waals surface area contributed by atoms with Crippen LogP contribution in [-0.4, -0.2) is 105 Å². The second-order valence-electron chi connectivity index (χ2n) is 17.8. The molecule has 2 atom stereocenters. The van der Waals surface area contributed by atoms with Crippen LogP contribution < -0.4 is 26.4 Å². The number of likely N-dealkylation sites (tertiary alicyclic amines) is 1. The molecule has 4 amide bonds. The molecule has 0 bridgehead atoms. The number of nitrogens with one attached hydrogen (secondary N) is 3. The van der Waals surface area contributed by atoms with E-state index < -0.39 is 46.1 Å². The number of halogens is 1. The summed E-state index contributed by atoms with van der Waals surface area (Å²) in [6.07, 6.45) is 2.75. The normalized spacial score (nSPS) is 19.3. The number of hydrogen-bond donors (Lipinski definition) is 5. The zero-order chi connectivity index (χ0) is 47.9. The van der Waals surface area contributed by atoms with Crippen molar-refractivity contribution in [2.24, 2.45) is 7.05 Å². The highest BCUT2D eigenvalue weighted by Gasteiger charge is 2.42. The van der Waals surface area contributed by atoms with E-state index in [1.165, 1.54) is 13.4 Å². The predicted molar refractivity (Wildman–Crippen MR) is 253 cm³/mol. The summed E-state index contributed by atoms with van der Waals surface area (Å²) in [5, 5.41) is 27.5. The van der Waals surface area contributed by atoms with Crippen molar-refractivity contribution >= 4 is 85.2 Å². The van der Waals surface area contributed by atoms with E-state index in [4.69, 9.17) is 21.4 Å². The largest absolute Gasteiger partial charge is 0.479 e. The van der Waals surface area contributed by atoms with Crippen LogP contribution in [-0.2, 0) is 37.2 Å². The Labute approximate surface area is 394 Å². The number of aryl methyl sites for hydroxylation is 1. The molecule has 3 aromatic carbocycles. The van der Waals surface area contributed by atoms with E-state index in [9.17, 15) is 42.3 Å². The summed E-state index contributed by atoms with van der Waals surface area (Å²) in [7, 11) is -2.15. The van der Waals surface area contributed by atoms with Crippen molar-refractivity contribution in [2.45, 2.75) is 81.7 Å². The number of urea groups is 1. The van der Waals surface area contributed by atoms with Crippen LogP contribution in [0.2, 0.25) is 5.02 Å². The van der Waals surface area contributed by atoms with Crippen LogP contribution in [0.25, 0.3) is 21.5 Å². The number of benzene rings is 3. The van der Waals surface area contributed by atoms with Gasteiger partial charge in [-0.3, -0.25) is 24.0 Å². The fourth-order valence-corrected chi connectivity index (χ4v) is 12.9. The number of carboxylic acids is 2. The van der Waals surface area contributed by atoms with Gasteiger partial charge in [0.25, 0.3) is 0 Å². The molecule has 0 aliphatic carbocycles. The van der Waals surface area contributed by atoms with Crippen molar-refractivity contribution in [1.29, 1.82) is 0 Å². The lowest BCUT2D eigenvalue weighted by molar-refractivity contribution is -0.139. The van der Waals surface area contributed by atoms with Crippen molar-refractivity contribution in [3.05, 3.63) is 98.2 Å². The Hall–Kier alpha value is -6.22. The topological polar surface area (TPSA) is 239 Å². The van der Waals surface area contributed by atoms with Crippen molar-refractivity contribution in [3.63, 3.8) is 0 Å². The van der Waals surface area contributed by atoms with Gasteiger partial charge in [0, 0.05) is 56.1 Å². The average Bonchev–Trinajstić information content (AvgIpc) is 3.73. The number of piperidine rings is 3. The van der Waals surface area contributed by atoms with Gasteiger partial charge < -0.3 is 30.5 Å². The van der Waals surface area contributed by atoms with E-state index in [0.717, 1.165) is 16.9 Å². The highest BCUT2D eigenvalue weighted by molar-refractivity contribution is 7.88. The summed E-state index contributed by atoms with van der Waals surface area (Å²) < 4.78 is 37.8. The highest BCUT2D eigenvalue weighted by atomic mass is 35.5. The first kappa shape index (κ1) is 47.3. The fourth-order valence-electron chi connectivity index (χ4n) is 9.50. The predicted octanol–water partition coefficient (Wildman–Crippen LogP) is 6.46. The van der Waals surface area contributed by atoms with Crippen LogP contribution in [0, 0.1) is 0 Å². The quantitative estimate of drug-likeness (QED) is 0.0800. The number of hydrogen-bond acceptors (Lipinski definition) is 11. The monoisotopic (exact) mass is 975 g/mol. The second-order valence-corrected chi connectivity index (χ2v) is 21.1. The summed E-state index contributed by atoms with van der Waals surface area (Å²) in [5.41, 5.74) is 3.53. The zero-order valence-electron chi connectivity index (χ0n) is 36.9. The molecule has 354 valence electrons. The smallest absolute Gasteiger partial charge is 0.349 e. The van der Waals surface area contributed by atoms with Gasteiger partial charge in [-0.1, -0.05) is 41.9 Å². The Bertz CT molecular complexity index is 2970. The number of carbonyl (C=O) groups is 5. The van der Waals surface area contributed by atoms with Crippen LogP contribution in [0.5, 0.6) is 5.75 Å². The Kier molecular flexibility index (Phi) is 13.3. The number of fused-ring (bicyclic) bond motifs is 1. The molecule has 0 spiro atoms. The molecule has 8 rings (SSSR count). The molecule has 5 aromatic rings. The number of aromatic carboxylic acids is 1. The molecular formula is C46H50ClN7O11S2. The Morgan fingerprint density at radius 2 is 1.66 bits per heavy atom. The van der Waals surface area contributed by atoms with E-state index in [0.29, 0.717) is 77.2 Å². The number of thiophene rings is 1. The maximum Gasteiger partial charge on any atom is 0.349 e. The number of imide groups is 1. The minimum Gasteiger partial charge on any atom is -0.479 e. The van der Waals surface area contributed by atoms with Crippen LogP contribution in [0.3, 0.4) is 0 Å². The van der Waals surface area contributed by atoms with E-state index in [1.807, 2.05) is 38.1 Å². The van der Waals surface area contributed by atoms with E-state index in [-0.39, 0.29) is 70.4 Å². The van der Waals surface area contributed by atoms with Crippen LogP contribution in [0.1, 0.15) is 85.1 Å². The summed E-state index contributed by atoms with van der Waals surface area (Å²) in [4.78, 5) is 76.0. The summed E-state index contributed by atoms with van der Waals surface area (Å²) in [5.74, 6) is -3.76. The molecule has 5 heterocycles. The number of aliphatic carboxylic acids is 1. The highest BCUT2D eigenvalue weighted by Crippen LogP contribution is 2.46. The second kappa shape index (κ2) is 18.8. The maximum atomic E-state index is 14.0. The first-order chi connectivity index (χ1) is 31.8. The number of imidazole rings is 1. The standard InChI is InChI=1S/C46H50ClN7O11S2/c1-46(2)23-32(48-31-9-5-7-29(21-31)40-38(47)39(65-24-37(56)57)41(66-40)43(59)60)16-19-53(46)67(63,64)25-26-6-4-8-30(20-26)49-44(61)52-17-14-27(15-18-52)28-10-11-33-35(22-28)51(3)45(62)54(33)34-12-13-36(55)50-42(34)58/h4-11,20-22,27,32,34,48H,12-19,23-25H2,1-3H3,(H,49,61)(H,56,57)(H,59,60)(H,50,55,58)/t32-,34-/m0/s1. The first-order valence-corrected chi connectivity index (χ1v) is 24.6. The van der Waals surface area contributed by atoms with Gasteiger partial charge in [0.2, 0.25) is 21.8 Å². The Morgan fingerprint density at radius 1 is 0.925 bits per heavy atom. The number of amides is 4. The van der Waals surface area contributed by atoms with Crippen molar-refractivity contribution in [1.82, 2.24) is 23.7 Å². The first-order valence-electron chi connectivity index (χ1n) is 21.8. The van der Waals surface area contributed by atoms with Gasteiger partial charge in [-0.05, 0) is 105 Å². The summed E-state index contributed by atoms with van der Waals surface area (Å²) in [6, 6.07) is 18.6. The third-order valence-electron chi connectivity index (χ3n) is 12.7. The number of anilines is 2. The van der Waals surface area contributed by atoms with Gasteiger partial charge in [-0.15, -0.1) is 11.3 Å². The third kappa shape index (κ3) is 9.93. The van der Waals surface area contributed by atoms with Crippen LogP contribution in [0.15, 0.2) is 71.5 Å². The van der Waals surface area contributed by atoms with E-state index in [2.05, 4.69) is 16.0 Å². The molecule has 3 fully saturated rings. The Morgan fingerprint density at radius 3 is 2.36 bits per heavy atom. The van der Waals surface area contributed by atoms with Gasteiger partial charge in [0.1, 0.15) is 11.1 Å². The van der Waals surface area contributed by atoms with Crippen molar-refractivity contribution < 1.29 is 47.3 Å². The average molecular weight is 977 g/mol. The molecular weight excluding hydrogens is 926 g/mol. The molecule has 3 aliphatic rings. The lowest BCUT2D eigenvalue weighted by atomic mass is 9.89. The summed E-state index contributed by atoms with van der Waals surface area (Å²) >= 11 is 7.40. The van der Waals surface area contributed by atoms with E-state index in [1.54, 1.807) is 54.4 Å². The minimum atomic E-state index is -3.81. The van der Waals surface area contributed by atoms with Crippen molar-refractivity contribution in [2.75, 3.05) is 36.9 Å². The molecule has 0 radical (unpaired) electrons. The number of nitrogens with zero attached hydrogens (tertiary/aromatic N) is 4. The maximum absolute atomic E-state index is 14.0. The molecule has 0 unspecified atom stereocenters. The Balaban J connectivity index is 0.858. The summed E-state index contributed by atoms with van der Waals surface area (Å²) in [6.45, 7) is 4.22. The molecule has 18 nitrogen and oxygen atoms in total. The van der Waals surface area contributed by atoms with Gasteiger partial charge >= 0.3 is 23.7 Å². The van der Waals surface area contributed by atoms with Crippen LogP contribution in [0.4, 0.5) is 16.2 Å². The number of sulfonamides is 1. The molecule has 21 heteroatoms. The fraction of sp³-hybridized carbons (Fsp3) is 0.391. The zero-order valence-corrected chi connectivity index (χ0v) is 39.3.